The van der Waals surface area contributed by atoms with Crippen LogP contribution < -0.4 is 5.32 Å². The molecule has 0 unspecified atom stereocenters. The maximum absolute atomic E-state index is 4.30. The molecule has 1 N–H and O–H groups in total. The van der Waals surface area contributed by atoms with Gasteiger partial charge in [0, 0.05) is 12.7 Å². The molecule has 0 bridgehead atoms. The van der Waals surface area contributed by atoms with Gasteiger partial charge in [0.1, 0.15) is 5.82 Å². The fourth-order valence-electron chi connectivity index (χ4n) is 0.920. The predicted molar refractivity (Wildman–Crippen MR) is 59.5 cm³/mol. The molecule has 0 saturated heterocycles. The van der Waals surface area contributed by atoms with Crippen LogP contribution in [0.15, 0.2) is 23.2 Å². The lowest BCUT2D eigenvalue weighted by atomic mass is 10.4. The first-order valence-electron chi connectivity index (χ1n) is 3.97. The second-order valence-corrected chi connectivity index (χ2v) is 3.32. The summed E-state index contributed by atoms with van der Waals surface area (Å²) in [6.45, 7) is 1.97. The van der Waals surface area contributed by atoms with Gasteiger partial charge in [0.05, 0.1) is 0 Å². The van der Waals surface area contributed by atoms with Crippen molar-refractivity contribution in [1.29, 1.82) is 0 Å². The number of aliphatic imine (C=N–C) groups is 1. The largest absolute Gasteiger partial charge is 0.320 e. The minimum Gasteiger partial charge on any atom is -0.320 e. The van der Waals surface area contributed by atoms with Crippen molar-refractivity contribution in [3.63, 3.8) is 0 Å². The number of nitrogens with zero attached hydrogens (tertiary/aromatic N) is 2. The molecule has 1 aromatic heterocycles. The average Bonchev–Trinajstić information content (AvgIpc) is 2.14. The van der Waals surface area contributed by atoms with Gasteiger partial charge in [-0.3, -0.25) is 4.99 Å². The number of hydrogen-bond acceptors (Lipinski definition) is 3. The summed E-state index contributed by atoms with van der Waals surface area (Å²) in [4.78, 5) is 8.36. The van der Waals surface area contributed by atoms with Crippen LogP contribution >= 0.6 is 11.8 Å². The Morgan fingerprint density at radius 2 is 2.31 bits per heavy atom. The Bertz CT molecular complexity index is 309. The van der Waals surface area contributed by atoms with Crippen LogP contribution in [0, 0.1) is 6.92 Å². The van der Waals surface area contributed by atoms with Gasteiger partial charge in [-0.05, 0) is 25.3 Å². The number of nitrogens with one attached hydrogen (secondary N) is 1. The van der Waals surface area contributed by atoms with E-state index in [2.05, 4.69) is 15.3 Å². The van der Waals surface area contributed by atoms with Gasteiger partial charge in [0.2, 0.25) is 0 Å². The lowest BCUT2D eigenvalue weighted by Crippen LogP contribution is -2.08. The quantitative estimate of drug-likeness (QED) is 0.551. The molecule has 3 nitrogen and oxygen atoms in total. The number of pyridine rings is 1. The first-order valence-corrected chi connectivity index (χ1v) is 5.20. The number of aryl methyl sites for hydroxylation is 1. The molecule has 4 heteroatoms. The Kier molecular flexibility index (Phi) is 3.76. The molecule has 70 valence electrons. The number of rotatable bonds is 1. The molecule has 0 radical (unpaired) electrons. The van der Waals surface area contributed by atoms with Crippen LogP contribution in [0.4, 0.5) is 5.82 Å². The van der Waals surface area contributed by atoms with E-state index in [1.807, 2.05) is 31.4 Å². The van der Waals surface area contributed by atoms with E-state index < -0.39 is 0 Å². The minimum atomic E-state index is 0.843. The maximum atomic E-state index is 4.30. The van der Waals surface area contributed by atoms with E-state index >= 15 is 0 Å². The minimum absolute atomic E-state index is 0.843. The number of amidine groups is 1. The lowest BCUT2D eigenvalue weighted by Gasteiger charge is -2.05. The third-order valence-electron chi connectivity index (χ3n) is 1.52. The SMILES string of the molecule is CN=C(Nc1cccc(C)n1)SC. The lowest BCUT2D eigenvalue weighted by molar-refractivity contribution is 1.20. The van der Waals surface area contributed by atoms with Crippen molar-refractivity contribution in [2.45, 2.75) is 6.92 Å². The fraction of sp³-hybridized carbons (Fsp3) is 0.333. The van der Waals surface area contributed by atoms with Gasteiger partial charge in [0.25, 0.3) is 0 Å². The molecule has 1 rings (SSSR count). The van der Waals surface area contributed by atoms with Crippen molar-refractivity contribution in [2.75, 3.05) is 18.6 Å². The summed E-state index contributed by atoms with van der Waals surface area (Å²) in [5.41, 5.74) is 1.00. The van der Waals surface area contributed by atoms with Gasteiger partial charge < -0.3 is 5.32 Å². The third-order valence-corrected chi connectivity index (χ3v) is 2.19. The van der Waals surface area contributed by atoms with Gasteiger partial charge in [0.15, 0.2) is 5.17 Å². The molecule has 0 atom stereocenters. The second-order valence-electron chi connectivity index (χ2n) is 2.52. The van der Waals surface area contributed by atoms with E-state index in [9.17, 15) is 0 Å². The van der Waals surface area contributed by atoms with E-state index in [4.69, 9.17) is 0 Å². The molecule has 13 heavy (non-hydrogen) atoms. The van der Waals surface area contributed by atoms with Crippen molar-refractivity contribution in [3.8, 4) is 0 Å². The summed E-state index contributed by atoms with van der Waals surface area (Å²) in [6, 6.07) is 5.86. The van der Waals surface area contributed by atoms with Crippen molar-refractivity contribution in [3.05, 3.63) is 23.9 Å². The summed E-state index contributed by atoms with van der Waals surface area (Å²) >= 11 is 1.57. The number of thioether (sulfide) groups is 1. The predicted octanol–water partition coefficient (Wildman–Crippen LogP) is 2.15. The zero-order chi connectivity index (χ0) is 9.68. The summed E-state index contributed by atoms with van der Waals surface area (Å²) in [6.07, 6.45) is 1.98. The normalized spacial score (nSPS) is 11.5. The third kappa shape index (κ3) is 3.06. The Morgan fingerprint density at radius 1 is 1.54 bits per heavy atom. The molecule has 0 amide bonds. The number of aromatic nitrogens is 1. The van der Waals surface area contributed by atoms with Crippen molar-refractivity contribution in [1.82, 2.24) is 4.98 Å². The van der Waals surface area contributed by atoms with Gasteiger partial charge in [-0.25, -0.2) is 4.98 Å². The van der Waals surface area contributed by atoms with Crippen molar-refractivity contribution < 1.29 is 0 Å². The molecule has 0 fully saturated rings. The molecular weight excluding hydrogens is 182 g/mol. The molecule has 0 saturated carbocycles. The van der Waals surface area contributed by atoms with Crippen molar-refractivity contribution >= 4 is 22.7 Å². The molecule has 0 aliphatic carbocycles. The van der Waals surface area contributed by atoms with Gasteiger partial charge in [-0.1, -0.05) is 17.8 Å². The van der Waals surface area contributed by atoms with E-state index in [1.54, 1.807) is 18.8 Å². The smallest absolute Gasteiger partial charge is 0.161 e. The first kappa shape index (κ1) is 10.1. The molecular formula is C9H13N3S. The Balaban J connectivity index is 2.74. The zero-order valence-corrected chi connectivity index (χ0v) is 8.85. The number of hydrogen-bond donors (Lipinski definition) is 1. The van der Waals surface area contributed by atoms with Crippen LogP contribution in [0.5, 0.6) is 0 Å². The number of anilines is 1. The van der Waals surface area contributed by atoms with Gasteiger partial charge in [-0.15, -0.1) is 0 Å². The fourth-order valence-corrected chi connectivity index (χ4v) is 1.31. The maximum Gasteiger partial charge on any atom is 0.161 e. The second kappa shape index (κ2) is 4.87. The van der Waals surface area contributed by atoms with Crippen LogP contribution in [0.1, 0.15) is 5.69 Å². The molecule has 0 spiro atoms. The van der Waals surface area contributed by atoms with Gasteiger partial charge >= 0.3 is 0 Å². The van der Waals surface area contributed by atoms with E-state index in [0.717, 1.165) is 16.7 Å². The highest BCUT2D eigenvalue weighted by atomic mass is 32.2. The van der Waals surface area contributed by atoms with E-state index in [1.165, 1.54) is 0 Å². The van der Waals surface area contributed by atoms with Crippen LogP contribution in [-0.4, -0.2) is 23.5 Å². The van der Waals surface area contributed by atoms with Crippen molar-refractivity contribution in [2.24, 2.45) is 4.99 Å². The molecule has 1 aromatic rings. The Morgan fingerprint density at radius 3 is 2.85 bits per heavy atom. The summed E-state index contributed by atoms with van der Waals surface area (Å²) in [5, 5.41) is 3.99. The van der Waals surface area contributed by atoms with E-state index in [-0.39, 0.29) is 0 Å². The molecule has 0 aliphatic rings. The zero-order valence-electron chi connectivity index (χ0n) is 8.03. The molecule has 0 aromatic carbocycles. The van der Waals surface area contributed by atoms with Gasteiger partial charge in [-0.2, -0.15) is 0 Å². The van der Waals surface area contributed by atoms with Crippen LogP contribution in [0.25, 0.3) is 0 Å². The highest BCUT2D eigenvalue weighted by Gasteiger charge is 1.97. The van der Waals surface area contributed by atoms with E-state index in [0.29, 0.717) is 0 Å². The Hall–Kier alpha value is -1.03. The molecule has 1 heterocycles. The van der Waals surface area contributed by atoms with Crippen LogP contribution in [0.2, 0.25) is 0 Å². The average molecular weight is 195 g/mol. The van der Waals surface area contributed by atoms with Crippen LogP contribution in [-0.2, 0) is 0 Å². The van der Waals surface area contributed by atoms with Crippen LogP contribution in [0.3, 0.4) is 0 Å². The first-order chi connectivity index (χ1) is 6.26. The summed E-state index contributed by atoms with van der Waals surface area (Å²) in [5.74, 6) is 0.843. The topological polar surface area (TPSA) is 37.3 Å². The standard InChI is InChI=1S/C9H13N3S/c1-7-5-4-6-8(11-7)12-9(10-2)13-3/h4-6H,1-3H3,(H,10,11,12). The Labute approximate surface area is 82.7 Å². The monoisotopic (exact) mass is 195 g/mol. The summed E-state index contributed by atoms with van der Waals surface area (Å²) in [7, 11) is 1.76. The summed E-state index contributed by atoms with van der Waals surface area (Å²) < 4.78 is 0. The highest BCUT2D eigenvalue weighted by Crippen LogP contribution is 2.07. The molecule has 0 aliphatic heterocycles. The highest BCUT2D eigenvalue weighted by molar-refractivity contribution is 8.13.